The molecule has 0 aliphatic carbocycles. The van der Waals surface area contributed by atoms with Crippen LogP contribution in [0.4, 0.5) is 0 Å². The van der Waals surface area contributed by atoms with Crippen molar-refractivity contribution in [1.29, 1.82) is 0 Å². The van der Waals surface area contributed by atoms with Crippen LogP contribution in [-0.2, 0) is 0 Å². The summed E-state index contributed by atoms with van der Waals surface area (Å²) in [6.07, 6.45) is 0. The maximum Gasteiger partial charge on any atom is 0.238 e. The Kier molecular flexibility index (Phi) is 4.17. The highest BCUT2D eigenvalue weighted by Gasteiger charge is 2.21. The van der Waals surface area contributed by atoms with Gasteiger partial charge in [-0.15, -0.1) is 0 Å². The third-order valence-electron chi connectivity index (χ3n) is 9.24. The Balaban J connectivity index is 1.18. The van der Waals surface area contributed by atoms with Crippen LogP contribution in [0, 0.1) is 0 Å². The standard InChI is InChI=1S/C45H26N4O2/c1-3-12-27(13-4-1)30-18-11-21-39-42(30)33-23-22-29(24-40(33)51-39)44-46-43(28-14-5-2-6-15-28)47-45(48-44)49-36-19-9-7-16-31(36)34-25-35-32-17-8-10-20-38(32)50-41(35)26-37(34)49/h1-26H/i1D,2D,3D,4D,5D,6D,12D,13D,14D,15D. The molecule has 238 valence electrons. The Labute approximate surface area is 304 Å². The van der Waals surface area contributed by atoms with Gasteiger partial charge in [-0.25, -0.2) is 4.98 Å². The van der Waals surface area contributed by atoms with Crippen molar-refractivity contribution in [2.75, 3.05) is 0 Å². The van der Waals surface area contributed by atoms with E-state index < -0.39 is 48.3 Å². The molecule has 4 aromatic heterocycles. The number of furan rings is 2. The monoisotopic (exact) mass is 664 g/mol. The summed E-state index contributed by atoms with van der Waals surface area (Å²) in [7, 11) is 0. The Morgan fingerprint density at radius 1 is 0.451 bits per heavy atom. The zero-order valence-corrected chi connectivity index (χ0v) is 26.3. The molecule has 0 bridgehead atoms. The molecular weight excluding hydrogens is 629 g/mol. The summed E-state index contributed by atoms with van der Waals surface area (Å²) in [6, 6.07) is 25.2. The van der Waals surface area contributed by atoms with Gasteiger partial charge < -0.3 is 8.83 Å². The molecule has 0 spiro atoms. The van der Waals surface area contributed by atoms with E-state index in [1.807, 2.05) is 59.2 Å². The Morgan fingerprint density at radius 3 is 1.98 bits per heavy atom. The fourth-order valence-electron chi connectivity index (χ4n) is 7.03. The van der Waals surface area contributed by atoms with Crippen LogP contribution in [0.1, 0.15) is 13.7 Å². The highest BCUT2D eigenvalue weighted by Crippen LogP contribution is 2.40. The molecule has 0 aliphatic rings. The van der Waals surface area contributed by atoms with Gasteiger partial charge in [0.1, 0.15) is 22.3 Å². The minimum Gasteiger partial charge on any atom is -0.456 e. The van der Waals surface area contributed by atoms with Crippen molar-refractivity contribution in [3.8, 4) is 39.9 Å². The van der Waals surface area contributed by atoms with Crippen molar-refractivity contribution in [2.45, 2.75) is 0 Å². The van der Waals surface area contributed by atoms with Crippen molar-refractivity contribution in [2.24, 2.45) is 0 Å². The van der Waals surface area contributed by atoms with Gasteiger partial charge in [0.15, 0.2) is 11.6 Å². The predicted octanol–water partition coefficient (Wildman–Crippen LogP) is 11.8. The van der Waals surface area contributed by atoms with Gasteiger partial charge in [-0.1, -0.05) is 115 Å². The van der Waals surface area contributed by atoms with Gasteiger partial charge in [-0.2, -0.15) is 9.97 Å². The largest absolute Gasteiger partial charge is 0.456 e. The number of rotatable bonds is 4. The number of para-hydroxylation sites is 2. The number of hydrogen-bond acceptors (Lipinski definition) is 5. The molecular formula is C45H26N4O2. The maximum absolute atomic E-state index is 8.86. The number of hydrogen-bond donors (Lipinski definition) is 0. The summed E-state index contributed by atoms with van der Waals surface area (Å²) in [4.78, 5) is 14.6. The van der Waals surface area contributed by atoms with Gasteiger partial charge in [-0.05, 0) is 47.5 Å². The van der Waals surface area contributed by atoms with E-state index in [0.717, 1.165) is 32.6 Å². The second-order valence-corrected chi connectivity index (χ2v) is 12.1. The van der Waals surface area contributed by atoms with Crippen molar-refractivity contribution in [3.05, 3.63) is 157 Å². The molecule has 11 aromatic rings. The minimum absolute atomic E-state index is 0.0415. The van der Waals surface area contributed by atoms with Crippen LogP contribution in [0.2, 0.25) is 0 Å². The van der Waals surface area contributed by atoms with Gasteiger partial charge in [0.2, 0.25) is 5.95 Å². The third kappa shape index (κ3) is 4.26. The lowest BCUT2D eigenvalue weighted by molar-refractivity contribution is 0.668. The molecule has 0 atom stereocenters. The first kappa shape index (κ1) is 19.8. The summed E-state index contributed by atoms with van der Waals surface area (Å²) in [5, 5.41) is 4.81. The molecule has 0 fully saturated rings. The second kappa shape index (κ2) is 10.7. The van der Waals surface area contributed by atoms with Gasteiger partial charge >= 0.3 is 0 Å². The van der Waals surface area contributed by atoms with Crippen LogP contribution in [0.3, 0.4) is 0 Å². The Hall–Kier alpha value is -7.05. The number of aromatic nitrogens is 4. The number of benzene rings is 7. The van der Waals surface area contributed by atoms with Crippen LogP contribution < -0.4 is 0 Å². The van der Waals surface area contributed by atoms with Crippen molar-refractivity contribution >= 4 is 65.7 Å². The lowest BCUT2D eigenvalue weighted by Gasteiger charge is -2.11. The fourth-order valence-corrected chi connectivity index (χ4v) is 7.03. The van der Waals surface area contributed by atoms with Crippen LogP contribution in [0.15, 0.2) is 166 Å². The van der Waals surface area contributed by atoms with Crippen molar-refractivity contribution in [1.82, 2.24) is 19.5 Å². The first-order valence-electron chi connectivity index (χ1n) is 21.1. The number of fused-ring (bicyclic) bond motifs is 9. The van der Waals surface area contributed by atoms with E-state index in [4.69, 9.17) is 37.5 Å². The molecule has 4 heterocycles. The minimum atomic E-state index is -0.552. The lowest BCUT2D eigenvalue weighted by atomic mass is 9.99. The summed E-state index contributed by atoms with van der Waals surface area (Å²) in [5.74, 6) is 0.0679. The van der Waals surface area contributed by atoms with E-state index in [-0.39, 0.29) is 40.8 Å². The summed E-state index contributed by atoms with van der Waals surface area (Å²) < 4.78 is 99.4. The zero-order valence-electron chi connectivity index (χ0n) is 36.3. The molecule has 0 saturated heterocycles. The quantitative estimate of drug-likeness (QED) is 0.187. The smallest absolute Gasteiger partial charge is 0.238 e. The predicted molar refractivity (Wildman–Crippen MR) is 205 cm³/mol. The molecule has 0 amide bonds. The van der Waals surface area contributed by atoms with Crippen LogP contribution in [0.25, 0.3) is 106 Å². The molecule has 0 unspecified atom stereocenters. The Morgan fingerprint density at radius 2 is 1.14 bits per heavy atom. The maximum atomic E-state index is 8.86. The first-order valence-corrected chi connectivity index (χ1v) is 16.1. The summed E-state index contributed by atoms with van der Waals surface area (Å²) >= 11 is 0. The van der Waals surface area contributed by atoms with E-state index in [0.29, 0.717) is 44.2 Å². The topological polar surface area (TPSA) is 69.9 Å². The van der Waals surface area contributed by atoms with E-state index >= 15 is 0 Å². The van der Waals surface area contributed by atoms with Crippen LogP contribution in [-0.4, -0.2) is 19.5 Å². The summed E-state index contributed by atoms with van der Waals surface area (Å²) in [5.41, 5.74) is 4.27. The van der Waals surface area contributed by atoms with Gasteiger partial charge in [-0.3, -0.25) is 4.57 Å². The number of nitrogens with zero attached hydrogens (tertiary/aromatic N) is 4. The molecule has 0 saturated carbocycles. The van der Waals surface area contributed by atoms with Gasteiger partial charge in [0, 0.05) is 49.5 Å². The molecule has 7 aromatic carbocycles. The molecule has 0 aliphatic heterocycles. The molecule has 51 heavy (non-hydrogen) atoms. The van der Waals surface area contributed by atoms with E-state index in [9.17, 15) is 0 Å². The van der Waals surface area contributed by atoms with E-state index in [1.165, 1.54) is 0 Å². The third-order valence-corrected chi connectivity index (χ3v) is 9.24. The van der Waals surface area contributed by atoms with Gasteiger partial charge in [0.05, 0.1) is 24.7 Å². The molecule has 6 heteroatoms. The lowest BCUT2D eigenvalue weighted by Crippen LogP contribution is -2.06. The molecule has 6 nitrogen and oxygen atoms in total. The van der Waals surface area contributed by atoms with Crippen molar-refractivity contribution in [3.63, 3.8) is 0 Å². The SMILES string of the molecule is [2H]c1c([2H])c([2H])c(-c2nc(-c3ccc4c(c3)oc3cccc(-c5c([2H])c([2H])c([2H])c([2H])c5[2H])c34)nc(-n3c4ccccc4c4cc5c(cc43)oc3ccccc35)n2)c([2H])c1[2H]. The second-order valence-electron chi connectivity index (χ2n) is 12.1. The zero-order chi connectivity index (χ0) is 42.2. The van der Waals surface area contributed by atoms with Gasteiger partial charge in [0.25, 0.3) is 0 Å². The fraction of sp³-hybridized carbons (Fsp3) is 0. The molecule has 0 N–H and O–H groups in total. The van der Waals surface area contributed by atoms with Crippen molar-refractivity contribution < 1.29 is 22.5 Å². The van der Waals surface area contributed by atoms with Crippen LogP contribution in [0.5, 0.6) is 0 Å². The highest BCUT2D eigenvalue weighted by molar-refractivity contribution is 6.17. The Bertz CT molecular complexity index is 3690. The average molecular weight is 665 g/mol. The van der Waals surface area contributed by atoms with E-state index in [2.05, 4.69) is 6.07 Å². The van der Waals surface area contributed by atoms with E-state index in [1.54, 1.807) is 36.4 Å². The van der Waals surface area contributed by atoms with Crippen LogP contribution >= 0.6 is 0 Å². The first-order chi connectivity index (χ1) is 29.4. The summed E-state index contributed by atoms with van der Waals surface area (Å²) in [6.45, 7) is 0. The highest BCUT2D eigenvalue weighted by atomic mass is 16.3. The normalized spacial score (nSPS) is 14.7. The molecule has 11 rings (SSSR count). The average Bonchev–Trinajstić information content (AvgIpc) is 3.94. The molecule has 0 radical (unpaired) electrons.